The van der Waals surface area contributed by atoms with Gasteiger partial charge < -0.3 is 0 Å². The third-order valence-electron chi connectivity index (χ3n) is 5.10. The molecule has 13 heteroatoms. The molecule has 1 saturated heterocycles. The Hall–Kier alpha value is -1.15. The Bertz CT molecular complexity index is 1300. The summed E-state index contributed by atoms with van der Waals surface area (Å²) in [6.07, 6.45) is 0. The van der Waals surface area contributed by atoms with Crippen LogP contribution in [0.5, 0.6) is 0 Å². The molecule has 1 fully saturated rings. The average Bonchev–Trinajstić information content (AvgIpc) is 3.50. The van der Waals surface area contributed by atoms with Gasteiger partial charge in [-0.1, -0.05) is 68.1 Å². The van der Waals surface area contributed by atoms with E-state index >= 15 is 0 Å². The maximum atomic E-state index is 8.49. The van der Waals surface area contributed by atoms with Crippen LogP contribution in [-0.4, -0.2) is 26.2 Å². The highest BCUT2D eigenvalue weighted by atomic mass is 35.7. The lowest BCUT2D eigenvalue weighted by Gasteiger charge is -2.17. The second kappa shape index (κ2) is 11.9. The fraction of sp³-hybridized carbons (Fsp3) is 0.182. The van der Waals surface area contributed by atoms with E-state index in [1.807, 2.05) is 65.6 Å². The van der Waals surface area contributed by atoms with Crippen LogP contribution in [0.3, 0.4) is 0 Å². The van der Waals surface area contributed by atoms with Gasteiger partial charge in [0.05, 0.1) is 9.75 Å². The van der Waals surface area contributed by atoms with E-state index in [4.69, 9.17) is 41.8 Å². The standard InChI is InChI=1S/C22H18Cl2N2S4.ClHO4/c23-17-5-1-15(2-6-17)19-13-21(29-27-19)25-9-11-26(12-10-25)22-14-20(28-30-22)16-3-7-18(24)8-4-16;2-1(3,4)5/h1-8,13-14H,9-12H2;(H,2,3,4,5)/q+2;/p-1. The quantitative estimate of drug-likeness (QED) is 0.251. The molecule has 0 N–H and O–H groups in total. The van der Waals surface area contributed by atoms with E-state index in [-0.39, 0.29) is 0 Å². The van der Waals surface area contributed by atoms with Crippen LogP contribution in [-0.2, 0) is 0 Å². The van der Waals surface area contributed by atoms with Crippen molar-refractivity contribution >= 4 is 64.6 Å². The Labute approximate surface area is 228 Å². The van der Waals surface area contributed by atoms with Crippen LogP contribution in [0.15, 0.2) is 60.7 Å². The van der Waals surface area contributed by atoms with Gasteiger partial charge in [-0.25, -0.2) is 27.8 Å². The van der Waals surface area contributed by atoms with Gasteiger partial charge in [0.1, 0.15) is 0 Å². The Morgan fingerprint density at radius 2 is 0.886 bits per heavy atom. The molecule has 35 heavy (non-hydrogen) atoms. The highest BCUT2D eigenvalue weighted by Crippen LogP contribution is 2.27. The average molecular weight is 609 g/mol. The third kappa shape index (κ3) is 7.91. The summed E-state index contributed by atoms with van der Waals surface area (Å²) in [6.45, 7) is 4.19. The molecule has 0 aliphatic carbocycles. The second-order valence-corrected chi connectivity index (χ2v) is 13.4. The first-order valence-corrected chi connectivity index (χ1v) is 16.4. The van der Waals surface area contributed by atoms with Crippen LogP contribution in [0.25, 0.3) is 20.9 Å². The zero-order valence-electron chi connectivity index (χ0n) is 17.9. The number of benzene rings is 2. The lowest BCUT2D eigenvalue weighted by atomic mass is 10.2. The highest BCUT2D eigenvalue weighted by Gasteiger charge is 2.23. The monoisotopic (exact) mass is 607 g/mol. The summed E-state index contributed by atoms with van der Waals surface area (Å²) in [6, 6.07) is 20.9. The summed E-state index contributed by atoms with van der Waals surface area (Å²) in [4.78, 5) is 2.61. The number of piperazine rings is 1. The molecule has 0 unspecified atom stereocenters. The van der Waals surface area contributed by atoms with Gasteiger partial charge in [0.15, 0.2) is 0 Å². The van der Waals surface area contributed by atoms with Gasteiger partial charge in [0.2, 0.25) is 26.2 Å². The first-order chi connectivity index (χ1) is 16.7. The molecule has 0 radical (unpaired) electrons. The Morgan fingerprint density at radius 3 is 1.20 bits per heavy atom. The van der Waals surface area contributed by atoms with Gasteiger partial charge in [-0.3, -0.25) is 0 Å². The lowest BCUT2D eigenvalue weighted by Crippen LogP contribution is -2.68. The maximum absolute atomic E-state index is 8.49. The molecule has 4 aromatic rings. The van der Waals surface area contributed by atoms with E-state index in [1.165, 1.54) is 30.2 Å². The van der Waals surface area contributed by atoms with Crippen LogP contribution in [0.1, 0.15) is 0 Å². The van der Waals surface area contributed by atoms with Gasteiger partial charge >= 0.3 is 0 Å². The Balaban J connectivity index is 0.000000527. The van der Waals surface area contributed by atoms with E-state index in [1.54, 1.807) is 0 Å². The molecule has 2 aromatic carbocycles. The van der Waals surface area contributed by atoms with Gasteiger partial charge in [-0.05, 0) is 56.1 Å². The molecule has 0 amide bonds. The first kappa shape index (κ1) is 26.9. The highest BCUT2D eigenvalue weighted by molar-refractivity contribution is 7.70. The molecule has 2 aromatic heterocycles. The third-order valence-corrected chi connectivity index (χ3v) is 10.5. The normalized spacial score (nSPS) is 14.0. The number of nitrogens with zero attached hydrogens (tertiary/aromatic N) is 2. The molecular weight excluding hydrogens is 591 g/mol. The minimum absolute atomic E-state index is 0.782. The molecule has 0 atom stereocenters. The Morgan fingerprint density at radius 1 is 0.571 bits per heavy atom. The molecule has 5 rings (SSSR count). The predicted octanol–water partition coefficient (Wildman–Crippen LogP) is 1.08. The van der Waals surface area contributed by atoms with Crippen molar-refractivity contribution in [1.82, 2.24) is 9.15 Å². The van der Waals surface area contributed by atoms with Crippen LogP contribution in [0.2, 0.25) is 10.0 Å². The van der Waals surface area contributed by atoms with Gasteiger partial charge in [-0.15, -0.1) is 10.2 Å². The van der Waals surface area contributed by atoms with Crippen molar-refractivity contribution < 1.29 is 28.9 Å². The van der Waals surface area contributed by atoms with Crippen molar-refractivity contribution in [2.75, 3.05) is 26.2 Å². The van der Waals surface area contributed by atoms with Crippen molar-refractivity contribution in [3.05, 3.63) is 80.1 Å². The lowest BCUT2D eigenvalue weighted by molar-refractivity contribution is -2.00. The molecule has 3 heterocycles. The predicted molar refractivity (Wildman–Crippen MR) is 135 cm³/mol. The van der Waals surface area contributed by atoms with Crippen molar-refractivity contribution in [3.8, 4) is 20.9 Å². The molecule has 6 nitrogen and oxygen atoms in total. The van der Waals surface area contributed by atoms with Crippen molar-refractivity contribution in [3.63, 3.8) is 0 Å². The van der Waals surface area contributed by atoms with Crippen LogP contribution in [0.4, 0.5) is 0 Å². The summed E-state index contributed by atoms with van der Waals surface area (Å²) in [5.41, 5.74) is 2.47. The van der Waals surface area contributed by atoms with Crippen LogP contribution >= 0.6 is 64.6 Å². The summed E-state index contributed by atoms with van der Waals surface area (Å²) >= 11 is 12.0. The fourth-order valence-electron chi connectivity index (χ4n) is 3.42. The molecular formula is C22H18Cl3N2O4S4+. The minimum Gasteiger partial charge on any atom is -0.222 e. The second-order valence-electron chi connectivity index (χ2n) is 7.39. The topological polar surface area (TPSA) is 98.3 Å². The minimum atomic E-state index is -4.94. The largest absolute Gasteiger partial charge is 0.267 e. The van der Waals surface area contributed by atoms with E-state index in [0.717, 1.165) is 36.2 Å². The summed E-state index contributed by atoms with van der Waals surface area (Å²) < 4.78 is 41.7. The van der Waals surface area contributed by atoms with Gasteiger partial charge in [-0.2, -0.15) is 0 Å². The first-order valence-electron chi connectivity index (χ1n) is 10.2. The number of hydrogen-bond acceptors (Lipinski definition) is 8. The maximum Gasteiger partial charge on any atom is 0.267 e. The zero-order valence-corrected chi connectivity index (χ0v) is 23.4. The number of halogens is 3. The van der Waals surface area contributed by atoms with Crippen molar-refractivity contribution in [2.24, 2.45) is 0 Å². The smallest absolute Gasteiger partial charge is 0.222 e. The summed E-state index contributed by atoms with van der Waals surface area (Å²) in [5.74, 6) is 0. The van der Waals surface area contributed by atoms with Crippen molar-refractivity contribution in [2.45, 2.75) is 0 Å². The van der Waals surface area contributed by atoms with E-state index in [2.05, 4.69) is 45.5 Å². The summed E-state index contributed by atoms with van der Waals surface area (Å²) in [5, 5.41) is 1.56. The zero-order chi connectivity index (χ0) is 25.0. The van der Waals surface area contributed by atoms with Gasteiger partial charge in [0.25, 0.3) is 9.34 Å². The molecule has 0 spiro atoms. The van der Waals surface area contributed by atoms with E-state index < -0.39 is 10.2 Å². The van der Waals surface area contributed by atoms with E-state index in [0.29, 0.717) is 0 Å². The molecule has 0 saturated carbocycles. The molecule has 184 valence electrons. The fourth-order valence-corrected chi connectivity index (χ4v) is 8.70. The molecule has 1 aliphatic heterocycles. The molecule has 1 aliphatic rings. The summed E-state index contributed by atoms with van der Waals surface area (Å²) in [7, 11) is 2.46. The number of hydrogen-bond donors (Lipinski definition) is 0. The molecule has 0 bridgehead atoms. The van der Waals surface area contributed by atoms with Crippen molar-refractivity contribution in [1.29, 1.82) is 0 Å². The van der Waals surface area contributed by atoms with Gasteiger partial charge in [0, 0.05) is 22.2 Å². The SMILES string of the molecule is Clc1ccc(-c2cc(=[N+]3CC[N+](=c4cc(-c5ccc(Cl)cc5)ss4)CC3)ss2)cc1.[O-][Cl+3]([O-])([O-])[O-]. The number of rotatable bonds is 2. The Kier molecular flexibility index (Phi) is 9.17. The van der Waals surface area contributed by atoms with Crippen LogP contribution < -0.4 is 37.1 Å². The van der Waals surface area contributed by atoms with E-state index in [9.17, 15) is 0 Å². The van der Waals surface area contributed by atoms with Crippen LogP contribution in [0, 0.1) is 10.2 Å².